The van der Waals surface area contributed by atoms with E-state index in [0.717, 1.165) is 11.2 Å². The minimum absolute atomic E-state index is 1.16. The zero-order chi connectivity index (χ0) is 22.5. The van der Waals surface area contributed by atoms with Gasteiger partial charge in [0.05, 0.1) is 11.2 Å². The van der Waals surface area contributed by atoms with Gasteiger partial charge in [0.15, 0.2) is 0 Å². The molecule has 2 heterocycles. The molecule has 7 aromatic rings. The van der Waals surface area contributed by atoms with Crippen LogP contribution in [0.2, 0.25) is 0 Å². The Hall–Kier alpha value is -4.56. The second-order valence-corrected chi connectivity index (χ2v) is 8.71. The maximum Gasteiger partial charge on any atom is 0.0620 e. The molecule has 7 rings (SSSR count). The third kappa shape index (κ3) is 2.82. The molecule has 0 atom stereocenters. The molecule has 0 aliphatic heterocycles. The molecule has 2 nitrogen and oxygen atoms in total. The molecule has 0 amide bonds. The van der Waals surface area contributed by atoms with Gasteiger partial charge in [-0.1, -0.05) is 97.1 Å². The van der Waals surface area contributed by atoms with Crippen molar-refractivity contribution in [1.82, 2.24) is 9.55 Å². The molecule has 0 saturated carbocycles. The molecule has 0 saturated heterocycles. The highest BCUT2D eigenvalue weighted by atomic mass is 15.0. The molecule has 2 aromatic heterocycles. The zero-order valence-corrected chi connectivity index (χ0v) is 18.6. The fraction of sp³-hybridized carbons (Fsp3) is 0. The Bertz CT molecular complexity index is 1710. The molecule has 1 N–H and O–H groups in total. The molecule has 5 aromatic carbocycles. The Morgan fingerprint density at radius 3 is 1.94 bits per heavy atom. The molecule has 0 bridgehead atoms. The predicted molar refractivity (Wildman–Crippen MR) is 144 cm³/mol. The lowest BCUT2D eigenvalue weighted by molar-refractivity contribution is 1.14. The van der Waals surface area contributed by atoms with Crippen LogP contribution in [0.5, 0.6) is 0 Å². The minimum atomic E-state index is 1.16. The molecule has 0 unspecified atom stereocenters. The summed E-state index contributed by atoms with van der Waals surface area (Å²) in [6.45, 7) is 0. The van der Waals surface area contributed by atoms with Crippen LogP contribution in [0.1, 0.15) is 0 Å². The van der Waals surface area contributed by atoms with Crippen molar-refractivity contribution in [3.8, 4) is 28.1 Å². The highest BCUT2D eigenvalue weighted by Gasteiger charge is 2.21. The van der Waals surface area contributed by atoms with Gasteiger partial charge in [0.1, 0.15) is 0 Å². The van der Waals surface area contributed by atoms with Crippen molar-refractivity contribution in [1.29, 1.82) is 0 Å². The summed E-state index contributed by atoms with van der Waals surface area (Å²) in [5.74, 6) is 0. The summed E-state index contributed by atoms with van der Waals surface area (Å²) in [5, 5.41) is 3.77. The largest absolute Gasteiger partial charge is 0.354 e. The van der Waals surface area contributed by atoms with Crippen molar-refractivity contribution >= 4 is 32.7 Å². The number of aromatic amines is 1. The third-order valence-corrected chi connectivity index (χ3v) is 6.73. The lowest BCUT2D eigenvalue weighted by Gasteiger charge is -2.13. The summed E-state index contributed by atoms with van der Waals surface area (Å²) in [4.78, 5) is 3.63. The van der Waals surface area contributed by atoms with Crippen molar-refractivity contribution in [2.24, 2.45) is 0 Å². The highest BCUT2D eigenvalue weighted by molar-refractivity contribution is 6.10. The number of fused-ring (bicyclic) bond motifs is 4. The first-order chi connectivity index (χ1) is 16.9. The Morgan fingerprint density at radius 2 is 1.12 bits per heavy atom. The average Bonchev–Trinajstić information content (AvgIpc) is 3.45. The Morgan fingerprint density at radius 1 is 0.471 bits per heavy atom. The number of nitrogens with one attached hydrogen (secondary N) is 1. The van der Waals surface area contributed by atoms with Crippen molar-refractivity contribution < 1.29 is 0 Å². The van der Waals surface area contributed by atoms with Crippen LogP contribution in [0, 0.1) is 0 Å². The Balaban J connectivity index is 1.62. The van der Waals surface area contributed by atoms with E-state index in [1.807, 2.05) is 0 Å². The van der Waals surface area contributed by atoms with E-state index in [1.165, 1.54) is 49.6 Å². The number of para-hydroxylation sites is 3. The second-order valence-electron chi connectivity index (χ2n) is 8.71. The van der Waals surface area contributed by atoms with Gasteiger partial charge in [-0.3, -0.25) is 0 Å². The first-order valence-corrected chi connectivity index (χ1v) is 11.6. The molecule has 2 heteroatoms. The molecule has 0 fully saturated rings. The van der Waals surface area contributed by atoms with Crippen molar-refractivity contribution in [2.45, 2.75) is 0 Å². The van der Waals surface area contributed by atoms with Gasteiger partial charge < -0.3 is 9.55 Å². The quantitative estimate of drug-likeness (QED) is 0.287. The van der Waals surface area contributed by atoms with Gasteiger partial charge in [-0.05, 0) is 35.9 Å². The summed E-state index contributed by atoms with van der Waals surface area (Å²) in [6.07, 6.45) is 0. The normalized spacial score (nSPS) is 11.5. The van der Waals surface area contributed by atoms with Gasteiger partial charge in [-0.15, -0.1) is 0 Å². The number of H-pyrrole nitrogens is 1. The number of hydrogen-bond acceptors (Lipinski definition) is 0. The molecule has 0 aliphatic carbocycles. The highest BCUT2D eigenvalue weighted by Crippen LogP contribution is 2.43. The van der Waals surface area contributed by atoms with E-state index < -0.39 is 0 Å². The zero-order valence-electron chi connectivity index (χ0n) is 18.6. The second kappa shape index (κ2) is 7.50. The average molecular weight is 435 g/mol. The lowest BCUT2D eigenvalue weighted by Crippen LogP contribution is -1.97. The predicted octanol–water partition coefficient (Wildman–Crippen LogP) is 8.60. The van der Waals surface area contributed by atoms with Crippen LogP contribution in [0.15, 0.2) is 127 Å². The first kappa shape index (κ1) is 19.0. The molecule has 0 radical (unpaired) electrons. The topological polar surface area (TPSA) is 20.7 Å². The number of benzene rings is 5. The maximum absolute atomic E-state index is 3.63. The molecular weight excluding hydrogens is 412 g/mol. The van der Waals surface area contributed by atoms with Crippen molar-refractivity contribution in [2.75, 3.05) is 0 Å². The third-order valence-electron chi connectivity index (χ3n) is 6.73. The Kier molecular flexibility index (Phi) is 4.18. The van der Waals surface area contributed by atoms with Crippen LogP contribution in [-0.4, -0.2) is 9.55 Å². The van der Waals surface area contributed by atoms with Crippen LogP contribution in [0.3, 0.4) is 0 Å². The summed E-state index contributed by atoms with van der Waals surface area (Å²) in [7, 11) is 0. The van der Waals surface area contributed by atoms with Gasteiger partial charge in [0.25, 0.3) is 0 Å². The molecule has 0 aliphatic rings. The number of aromatic nitrogens is 2. The van der Waals surface area contributed by atoms with E-state index in [1.54, 1.807) is 0 Å². The van der Waals surface area contributed by atoms with Crippen LogP contribution in [0.25, 0.3) is 60.8 Å². The first-order valence-electron chi connectivity index (χ1n) is 11.6. The van der Waals surface area contributed by atoms with Gasteiger partial charge in [0, 0.05) is 44.0 Å². The minimum Gasteiger partial charge on any atom is -0.354 e. The van der Waals surface area contributed by atoms with E-state index in [4.69, 9.17) is 0 Å². The molecular formula is C32H22N2. The number of hydrogen-bond donors (Lipinski definition) is 1. The number of rotatable bonds is 3. The van der Waals surface area contributed by atoms with Crippen LogP contribution >= 0.6 is 0 Å². The Labute approximate surface area is 197 Å². The fourth-order valence-electron chi connectivity index (χ4n) is 5.26. The molecule has 0 spiro atoms. The van der Waals surface area contributed by atoms with E-state index in [2.05, 4.69) is 137 Å². The number of nitrogens with zero attached hydrogens (tertiary/aromatic N) is 1. The lowest BCUT2D eigenvalue weighted by atomic mass is 9.97. The summed E-state index contributed by atoms with van der Waals surface area (Å²) < 4.78 is 2.40. The van der Waals surface area contributed by atoms with Crippen molar-refractivity contribution in [3.63, 3.8) is 0 Å². The SMILES string of the molecule is c1ccc(-c2c(-c3ccc4c(c3)[nH]c3ccccc34)n(-c3ccccc3)c3ccccc23)cc1. The van der Waals surface area contributed by atoms with Crippen LogP contribution in [-0.2, 0) is 0 Å². The van der Waals surface area contributed by atoms with E-state index in [0.29, 0.717) is 0 Å². The smallest absolute Gasteiger partial charge is 0.0620 e. The molecule has 160 valence electrons. The molecule has 34 heavy (non-hydrogen) atoms. The summed E-state index contributed by atoms with van der Waals surface area (Å²) in [6, 6.07) is 45.5. The van der Waals surface area contributed by atoms with Gasteiger partial charge in [-0.2, -0.15) is 0 Å². The van der Waals surface area contributed by atoms with E-state index in [-0.39, 0.29) is 0 Å². The standard InChI is InChI=1S/C32H22N2/c1-3-11-22(12-4-1)31-27-16-8-10-18-30(27)34(24-13-5-2-6-14-24)32(31)23-19-20-26-25-15-7-9-17-28(25)33-29(26)21-23/h1-21,33H. The summed E-state index contributed by atoms with van der Waals surface area (Å²) in [5.41, 5.74) is 9.57. The van der Waals surface area contributed by atoms with Crippen LogP contribution < -0.4 is 0 Å². The van der Waals surface area contributed by atoms with Crippen LogP contribution in [0.4, 0.5) is 0 Å². The fourth-order valence-corrected chi connectivity index (χ4v) is 5.26. The van der Waals surface area contributed by atoms with Crippen molar-refractivity contribution in [3.05, 3.63) is 127 Å². The van der Waals surface area contributed by atoms with Gasteiger partial charge >= 0.3 is 0 Å². The van der Waals surface area contributed by atoms with Gasteiger partial charge in [-0.25, -0.2) is 0 Å². The van der Waals surface area contributed by atoms with Gasteiger partial charge in [0.2, 0.25) is 0 Å². The van der Waals surface area contributed by atoms with E-state index >= 15 is 0 Å². The summed E-state index contributed by atoms with van der Waals surface area (Å²) >= 11 is 0. The monoisotopic (exact) mass is 434 g/mol. The maximum atomic E-state index is 3.63. The van der Waals surface area contributed by atoms with E-state index in [9.17, 15) is 0 Å².